The van der Waals surface area contributed by atoms with Crippen molar-refractivity contribution in [1.29, 1.82) is 5.26 Å². The van der Waals surface area contributed by atoms with Gasteiger partial charge in [0.25, 0.3) is 0 Å². The van der Waals surface area contributed by atoms with E-state index in [0.717, 1.165) is 31.1 Å². The van der Waals surface area contributed by atoms with Crippen molar-refractivity contribution in [1.82, 2.24) is 24.8 Å². The summed E-state index contributed by atoms with van der Waals surface area (Å²) in [7, 11) is 2.06. The minimum Gasteiger partial charge on any atom is -0.473 e. The molecule has 3 aromatic rings. The molecule has 0 bridgehead atoms. The van der Waals surface area contributed by atoms with Crippen LogP contribution < -0.4 is 15.4 Å². The zero-order valence-corrected chi connectivity index (χ0v) is 20.2. The van der Waals surface area contributed by atoms with Gasteiger partial charge >= 0.3 is 6.18 Å². The van der Waals surface area contributed by atoms with E-state index in [-0.39, 0.29) is 35.9 Å². The number of alkyl halides is 3. The van der Waals surface area contributed by atoms with Gasteiger partial charge < -0.3 is 25.3 Å². The number of hydrogen-bond acceptors (Lipinski definition) is 8. The summed E-state index contributed by atoms with van der Waals surface area (Å²) in [4.78, 5) is 18.3. The van der Waals surface area contributed by atoms with Crippen molar-refractivity contribution >= 4 is 17.8 Å². The maximum atomic E-state index is 13.3. The van der Waals surface area contributed by atoms with E-state index in [0.29, 0.717) is 22.8 Å². The van der Waals surface area contributed by atoms with Crippen LogP contribution >= 0.6 is 0 Å². The van der Waals surface area contributed by atoms with E-state index < -0.39 is 11.7 Å². The first-order valence-electron chi connectivity index (χ1n) is 11.8. The minimum absolute atomic E-state index is 0.126. The molecule has 2 aliphatic heterocycles. The molecule has 0 saturated carbocycles. The first-order chi connectivity index (χ1) is 17.7. The van der Waals surface area contributed by atoms with Gasteiger partial charge in [0.2, 0.25) is 11.8 Å². The highest BCUT2D eigenvalue weighted by atomic mass is 19.4. The van der Waals surface area contributed by atoms with Crippen molar-refractivity contribution in [3.05, 3.63) is 53.0 Å². The Hall–Kier alpha value is -4.11. The van der Waals surface area contributed by atoms with Gasteiger partial charge in [0, 0.05) is 49.2 Å². The number of ether oxygens (including phenoxy) is 1. The second-order valence-corrected chi connectivity index (χ2v) is 9.17. The molecule has 5 heterocycles. The Kier molecular flexibility index (Phi) is 6.47. The Morgan fingerprint density at radius 1 is 1.27 bits per heavy atom. The van der Waals surface area contributed by atoms with E-state index in [2.05, 4.69) is 42.5 Å². The third kappa shape index (κ3) is 5.22. The van der Waals surface area contributed by atoms with E-state index in [1.54, 1.807) is 6.20 Å². The number of pyridine rings is 1. The average Bonchev–Trinajstić information content (AvgIpc) is 3.49. The lowest BCUT2D eigenvalue weighted by molar-refractivity contribution is -0.0909. The van der Waals surface area contributed by atoms with E-state index in [1.807, 2.05) is 25.1 Å². The lowest BCUT2D eigenvalue weighted by Crippen LogP contribution is -2.22. The Morgan fingerprint density at radius 3 is 2.78 bits per heavy atom. The number of nitrogens with one attached hydrogen (secondary N) is 3. The molecule has 1 saturated heterocycles. The lowest BCUT2D eigenvalue weighted by atomic mass is 10.0. The van der Waals surface area contributed by atoms with Gasteiger partial charge in [-0.05, 0) is 32.0 Å². The molecule has 0 aliphatic carbocycles. The van der Waals surface area contributed by atoms with Crippen molar-refractivity contribution in [3.63, 3.8) is 0 Å². The van der Waals surface area contributed by atoms with E-state index in [1.165, 1.54) is 12.4 Å². The quantitative estimate of drug-likeness (QED) is 0.448. The smallest absolute Gasteiger partial charge is 0.414 e. The summed E-state index contributed by atoms with van der Waals surface area (Å²) < 4.78 is 45.9. The monoisotopic (exact) mass is 510 g/mol. The molecule has 1 fully saturated rings. The van der Waals surface area contributed by atoms with Gasteiger partial charge in [0.05, 0.1) is 29.1 Å². The largest absolute Gasteiger partial charge is 0.473 e. The average molecular weight is 511 g/mol. The van der Waals surface area contributed by atoms with Crippen molar-refractivity contribution in [2.75, 3.05) is 37.3 Å². The molecule has 0 aromatic carbocycles. The Bertz CT molecular complexity index is 1360. The summed E-state index contributed by atoms with van der Waals surface area (Å²) in [6, 6.07) is 5.51. The molecule has 5 rings (SSSR count). The number of likely N-dealkylation sites (tertiary alicyclic amines) is 1. The van der Waals surface area contributed by atoms with Crippen molar-refractivity contribution in [3.8, 4) is 23.2 Å². The Balaban J connectivity index is 1.36. The van der Waals surface area contributed by atoms with Crippen LogP contribution in [0.2, 0.25) is 0 Å². The number of nitriles is 1. The van der Waals surface area contributed by atoms with Crippen LogP contribution in [0.15, 0.2) is 36.3 Å². The summed E-state index contributed by atoms with van der Waals surface area (Å²) in [5.74, 6) is 1.23. The topological polar surface area (TPSA) is 115 Å². The molecule has 37 heavy (non-hydrogen) atoms. The van der Waals surface area contributed by atoms with Gasteiger partial charge in [-0.15, -0.1) is 0 Å². The number of likely N-dealkylation sites (N-methyl/N-ethyl adjacent to an activating group) is 1. The zero-order chi connectivity index (χ0) is 26.2. The number of aromatic nitrogens is 4. The third-order valence-corrected chi connectivity index (χ3v) is 6.46. The van der Waals surface area contributed by atoms with E-state index in [9.17, 15) is 18.4 Å². The Morgan fingerprint density at radius 2 is 2.11 bits per heavy atom. The molecule has 0 radical (unpaired) electrons. The highest BCUT2D eigenvalue weighted by Gasteiger charge is 2.36. The van der Waals surface area contributed by atoms with Gasteiger partial charge in [-0.25, -0.2) is 15.0 Å². The fourth-order valence-corrected chi connectivity index (χ4v) is 4.41. The molecule has 0 amide bonds. The number of H-pyrrole nitrogens is 1. The molecule has 2 aliphatic rings. The maximum absolute atomic E-state index is 13.3. The number of halogens is 3. The van der Waals surface area contributed by atoms with Gasteiger partial charge in [0.15, 0.2) is 0 Å². The fourth-order valence-electron chi connectivity index (χ4n) is 4.41. The minimum atomic E-state index is -4.47. The van der Waals surface area contributed by atoms with Crippen LogP contribution in [0.1, 0.15) is 36.1 Å². The van der Waals surface area contributed by atoms with Crippen LogP contribution in [0, 0.1) is 11.3 Å². The highest BCUT2D eigenvalue weighted by molar-refractivity contribution is 5.85. The first kappa shape index (κ1) is 24.6. The summed E-state index contributed by atoms with van der Waals surface area (Å²) in [5.41, 5.74) is 1.20. The fraction of sp³-hybridized carbons (Fsp3) is 0.360. The number of nitrogens with zero attached hydrogens (tertiary/aromatic N) is 5. The number of anilines is 2. The van der Waals surface area contributed by atoms with Crippen molar-refractivity contribution < 1.29 is 17.9 Å². The second-order valence-electron chi connectivity index (χ2n) is 9.17. The summed E-state index contributed by atoms with van der Waals surface area (Å²) in [6.45, 7) is 3.43. The number of hydrogen-bond donors (Lipinski definition) is 3. The van der Waals surface area contributed by atoms with E-state index >= 15 is 0 Å². The van der Waals surface area contributed by atoms with E-state index in [4.69, 9.17) is 4.74 Å². The SMILES string of the molecule is CC(Nc1ncc(C#N)c(-c2c[nH]c3c2C=C(C(F)(F)F)CN3)n1)c1ccc(O[C@@H]2CCN(C)C2)nc1. The normalized spacial score (nSPS) is 18.4. The molecule has 9 nitrogen and oxygen atoms in total. The van der Waals surface area contributed by atoms with Gasteiger partial charge in [-0.1, -0.05) is 6.07 Å². The predicted molar refractivity (Wildman–Crippen MR) is 132 cm³/mol. The molecule has 2 atom stereocenters. The zero-order valence-electron chi connectivity index (χ0n) is 20.2. The molecule has 1 unspecified atom stereocenters. The Labute approximate surface area is 211 Å². The van der Waals surface area contributed by atoms with Crippen molar-refractivity contribution in [2.45, 2.75) is 31.7 Å². The van der Waals surface area contributed by atoms with Crippen LogP contribution in [0.25, 0.3) is 17.3 Å². The summed E-state index contributed by atoms with van der Waals surface area (Å²) >= 11 is 0. The molecule has 12 heteroatoms. The third-order valence-electron chi connectivity index (χ3n) is 6.46. The molecule has 3 N–H and O–H groups in total. The standard InChI is InChI=1S/C25H25F3N8O/c1-14(15-3-4-21(30-9-15)37-18-5-6-36(2)13-18)34-24-33-10-16(8-29)22(35-24)20-12-32-23-19(20)7-17(11-31-23)25(26,27)28/h3-4,7,9-10,12,14,18,31-32H,5-6,11,13H2,1-2H3,(H,33,34,35)/t14?,18-/m1/s1. The number of fused-ring (bicyclic) bond motifs is 1. The molecule has 3 aromatic heterocycles. The molecular formula is C25H25F3N8O. The lowest BCUT2D eigenvalue weighted by Gasteiger charge is -2.19. The highest BCUT2D eigenvalue weighted by Crippen LogP contribution is 2.38. The van der Waals surface area contributed by atoms with Crippen LogP contribution in [-0.4, -0.2) is 63.8 Å². The first-order valence-corrected chi connectivity index (χ1v) is 11.8. The van der Waals surface area contributed by atoms with Crippen LogP contribution in [0.4, 0.5) is 24.9 Å². The van der Waals surface area contributed by atoms with Crippen LogP contribution in [0.5, 0.6) is 5.88 Å². The van der Waals surface area contributed by atoms with Gasteiger partial charge in [-0.2, -0.15) is 18.4 Å². The number of aromatic amines is 1. The maximum Gasteiger partial charge on any atom is 0.414 e. The van der Waals surface area contributed by atoms with Crippen LogP contribution in [0.3, 0.4) is 0 Å². The van der Waals surface area contributed by atoms with Gasteiger partial charge in [-0.3, -0.25) is 0 Å². The van der Waals surface area contributed by atoms with Gasteiger partial charge in [0.1, 0.15) is 18.0 Å². The second kappa shape index (κ2) is 9.74. The molecular weight excluding hydrogens is 485 g/mol. The number of rotatable bonds is 6. The molecule has 0 spiro atoms. The predicted octanol–water partition coefficient (Wildman–Crippen LogP) is 4.37. The van der Waals surface area contributed by atoms with Crippen LogP contribution in [-0.2, 0) is 0 Å². The molecule has 192 valence electrons. The van der Waals surface area contributed by atoms with Crippen molar-refractivity contribution in [2.24, 2.45) is 0 Å². The summed E-state index contributed by atoms with van der Waals surface area (Å²) in [5, 5.41) is 15.5. The summed E-state index contributed by atoms with van der Waals surface area (Å²) in [6.07, 6.45) is 2.31.